The van der Waals surface area contributed by atoms with E-state index in [2.05, 4.69) is 32.0 Å². The third-order valence-corrected chi connectivity index (χ3v) is 4.81. The maximum absolute atomic E-state index is 13.2. The molecule has 1 fully saturated rings. The summed E-state index contributed by atoms with van der Waals surface area (Å²) in [6, 6.07) is 14.1. The Morgan fingerprint density at radius 3 is 2.62 bits per heavy atom. The summed E-state index contributed by atoms with van der Waals surface area (Å²) in [6.07, 6.45) is 0.814. The molecule has 0 bridgehead atoms. The smallest absolute Gasteiger partial charge is 0.292 e. The first-order chi connectivity index (χ1) is 11.6. The van der Waals surface area contributed by atoms with Crippen LogP contribution in [0.5, 0.6) is 0 Å². The van der Waals surface area contributed by atoms with Crippen LogP contribution in [-0.4, -0.2) is 19.1 Å². The topological polar surface area (TPSA) is 38.8 Å². The summed E-state index contributed by atoms with van der Waals surface area (Å²) < 4.78 is 11.7. The minimum atomic E-state index is -1.26. The summed E-state index contributed by atoms with van der Waals surface area (Å²) >= 11 is 0. The number of benzene rings is 2. The van der Waals surface area contributed by atoms with Crippen LogP contribution in [0.1, 0.15) is 28.7 Å². The van der Waals surface area contributed by atoms with Crippen LogP contribution in [0.4, 0.5) is 5.69 Å². The number of amides is 1. The number of fused-ring (bicyclic) bond motifs is 2. The number of rotatable bonds is 2. The Morgan fingerprint density at radius 1 is 1.08 bits per heavy atom. The summed E-state index contributed by atoms with van der Waals surface area (Å²) in [5.41, 5.74) is 5.21. The van der Waals surface area contributed by atoms with Gasteiger partial charge in [0.2, 0.25) is 0 Å². The molecule has 4 heteroatoms. The van der Waals surface area contributed by atoms with Crippen LogP contribution in [-0.2, 0) is 26.6 Å². The molecule has 2 aliphatic heterocycles. The van der Waals surface area contributed by atoms with E-state index in [9.17, 15) is 4.79 Å². The van der Waals surface area contributed by atoms with Crippen LogP contribution >= 0.6 is 0 Å². The first-order valence-corrected chi connectivity index (χ1v) is 8.37. The van der Waals surface area contributed by atoms with Crippen molar-refractivity contribution in [1.29, 1.82) is 0 Å². The molecule has 4 nitrogen and oxygen atoms in total. The Morgan fingerprint density at radius 2 is 1.83 bits per heavy atom. The standard InChI is InChI=1S/C20H21NO3/c1-14-8-9-15(2)16(12-14)13-21-18-7-4-3-6-17(18)20(19(21)22)23-10-5-11-24-20/h3-4,6-9,12H,5,10-11,13H2,1-2H3. The van der Waals surface area contributed by atoms with Crippen molar-refractivity contribution in [3.8, 4) is 0 Å². The van der Waals surface area contributed by atoms with Gasteiger partial charge in [0.15, 0.2) is 0 Å². The maximum Gasteiger partial charge on any atom is 0.292 e. The second-order valence-corrected chi connectivity index (χ2v) is 6.51. The van der Waals surface area contributed by atoms with Gasteiger partial charge >= 0.3 is 0 Å². The van der Waals surface area contributed by atoms with E-state index < -0.39 is 5.79 Å². The average Bonchev–Trinajstić information content (AvgIpc) is 2.82. The van der Waals surface area contributed by atoms with Crippen LogP contribution in [0.3, 0.4) is 0 Å². The molecule has 0 N–H and O–H groups in total. The lowest BCUT2D eigenvalue weighted by atomic mass is 10.1. The van der Waals surface area contributed by atoms with E-state index >= 15 is 0 Å². The molecule has 0 saturated carbocycles. The monoisotopic (exact) mass is 323 g/mol. The molecule has 2 aromatic rings. The minimum Gasteiger partial charge on any atom is -0.338 e. The zero-order chi connectivity index (χ0) is 16.7. The highest BCUT2D eigenvalue weighted by atomic mass is 16.7. The van der Waals surface area contributed by atoms with Crippen LogP contribution in [0.25, 0.3) is 0 Å². The first kappa shape index (κ1) is 15.4. The number of aryl methyl sites for hydroxylation is 2. The Kier molecular flexibility index (Phi) is 3.66. The third-order valence-electron chi connectivity index (χ3n) is 4.81. The molecule has 2 aliphatic rings. The number of carbonyl (C=O) groups excluding carboxylic acids is 1. The fourth-order valence-corrected chi connectivity index (χ4v) is 3.50. The van der Waals surface area contributed by atoms with Crippen LogP contribution in [0.15, 0.2) is 42.5 Å². The number of hydrogen-bond acceptors (Lipinski definition) is 3. The second kappa shape index (κ2) is 5.72. The van der Waals surface area contributed by atoms with Gasteiger partial charge in [-0.05, 0) is 37.5 Å². The van der Waals surface area contributed by atoms with Crippen molar-refractivity contribution in [2.24, 2.45) is 0 Å². The summed E-state index contributed by atoms with van der Waals surface area (Å²) in [5.74, 6) is -1.38. The molecule has 2 aromatic carbocycles. The van der Waals surface area contributed by atoms with Gasteiger partial charge in [0.25, 0.3) is 11.7 Å². The molecule has 0 aliphatic carbocycles. The Bertz CT molecular complexity index is 793. The molecule has 24 heavy (non-hydrogen) atoms. The largest absolute Gasteiger partial charge is 0.338 e. The predicted octanol–water partition coefficient (Wildman–Crippen LogP) is 3.44. The fourth-order valence-electron chi connectivity index (χ4n) is 3.50. The van der Waals surface area contributed by atoms with Gasteiger partial charge in [0, 0.05) is 5.56 Å². The van der Waals surface area contributed by atoms with Gasteiger partial charge in [0.05, 0.1) is 25.4 Å². The lowest BCUT2D eigenvalue weighted by Gasteiger charge is -2.32. The molecule has 2 heterocycles. The van der Waals surface area contributed by atoms with Crippen molar-refractivity contribution in [3.05, 3.63) is 64.7 Å². The lowest BCUT2D eigenvalue weighted by molar-refractivity contribution is -0.256. The molecular weight excluding hydrogens is 302 g/mol. The van der Waals surface area contributed by atoms with E-state index in [1.807, 2.05) is 24.3 Å². The maximum atomic E-state index is 13.2. The fraction of sp³-hybridized carbons (Fsp3) is 0.350. The predicted molar refractivity (Wildman–Crippen MR) is 91.7 cm³/mol. The van der Waals surface area contributed by atoms with E-state index in [4.69, 9.17) is 9.47 Å². The Balaban J connectivity index is 1.76. The molecule has 0 radical (unpaired) electrons. The molecule has 1 amide bonds. The van der Waals surface area contributed by atoms with E-state index in [0.717, 1.165) is 23.2 Å². The van der Waals surface area contributed by atoms with E-state index in [1.54, 1.807) is 4.90 Å². The summed E-state index contributed by atoms with van der Waals surface area (Å²) in [4.78, 5) is 15.0. The van der Waals surface area contributed by atoms with Gasteiger partial charge in [-0.2, -0.15) is 0 Å². The normalized spacial score (nSPS) is 18.9. The Labute approximate surface area is 142 Å². The highest BCUT2D eigenvalue weighted by Crippen LogP contribution is 2.45. The molecule has 1 saturated heterocycles. The third kappa shape index (κ3) is 2.26. The van der Waals surface area contributed by atoms with Crippen molar-refractivity contribution in [2.75, 3.05) is 18.1 Å². The summed E-state index contributed by atoms with van der Waals surface area (Å²) in [5, 5.41) is 0. The zero-order valence-corrected chi connectivity index (χ0v) is 14.0. The van der Waals surface area contributed by atoms with Gasteiger partial charge in [-0.1, -0.05) is 42.0 Å². The quantitative estimate of drug-likeness (QED) is 0.850. The minimum absolute atomic E-state index is 0.121. The van der Waals surface area contributed by atoms with Gasteiger partial charge in [-0.3, -0.25) is 4.79 Å². The number of anilines is 1. The summed E-state index contributed by atoms with van der Waals surface area (Å²) in [6.45, 7) is 5.74. The number of nitrogens with zero attached hydrogens (tertiary/aromatic N) is 1. The second-order valence-electron chi connectivity index (χ2n) is 6.51. The molecule has 0 aromatic heterocycles. The molecule has 1 spiro atoms. The molecular formula is C20H21NO3. The number of hydrogen-bond donors (Lipinski definition) is 0. The van der Waals surface area contributed by atoms with E-state index in [0.29, 0.717) is 19.8 Å². The Hall–Kier alpha value is -2.17. The highest BCUT2D eigenvalue weighted by Gasteiger charge is 2.54. The molecule has 124 valence electrons. The van der Waals surface area contributed by atoms with Gasteiger partial charge < -0.3 is 14.4 Å². The van der Waals surface area contributed by atoms with Crippen LogP contribution < -0.4 is 4.90 Å². The van der Waals surface area contributed by atoms with Crippen molar-refractivity contribution in [2.45, 2.75) is 32.6 Å². The van der Waals surface area contributed by atoms with E-state index in [-0.39, 0.29) is 5.91 Å². The molecule has 4 rings (SSSR count). The van der Waals surface area contributed by atoms with Crippen LogP contribution in [0.2, 0.25) is 0 Å². The van der Waals surface area contributed by atoms with Crippen molar-refractivity contribution >= 4 is 11.6 Å². The van der Waals surface area contributed by atoms with Gasteiger partial charge in [0.1, 0.15) is 0 Å². The van der Waals surface area contributed by atoms with Crippen LogP contribution in [0, 0.1) is 13.8 Å². The summed E-state index contributed by atoms with van der Waals surface area (Å²) in [7, 11) is 0. The SMILES string of the molecule is Cc1ccc(C)c(CN2C(=O)C3(OCCCO3)c3ccccc32)c1. The average molecular weight is 323 g/mol. The highest BCUT2D eigenvalue weighted by molar-refractivity contribution is 6.06. The number of ether oxygens (including phenoxy) is 2. The lowest BCUT2D eigenvalue weighted by Crippen LogP contribution is -2.47. The van der Waals surface area contributed by atoms with Gasteiger partial charge in [-0.25, -0.2) is 0 Å². The molecule has 0 atom stereocenters. The van der Waals surface area contributed by atoms with Gasteiger partial charge in [-0.15, -0.1) is 0 Å². The van der Waals surface area contributed by atoms with Crippen molar-refractivity contribution < 1.29 is 14.3 Å². The number of carbonyl (C=O) groups is 1. The van der Waals surface area contributed by atoms with Crippen molar-refractivity contribution in [3.63, 3.8) is 0 Å². The zero-order valence-electron chi connectivity index (χ0n) is 14.0. The molecule has 0 unspecified atom stereocenters. The van der Waals surface area contributed by atoms with Crippen molar-refractivity contribution in [1.82, 2.24) is 0 Å². The number of para-hydroxylation sites is 1. The van der Waals surface area contributed by atoms with E-state index in [1.165, 1.54) is 11.1 Å². The first-order valence-electron chi connectivity index (χ1n) is 8.37.